The van der Waals surface area contributed by atoms with Gasteiger partial charge in [-0.1, -0.05) is 24.3 Å². The van der Waals surface area contributed by atoms with E-state index in [4.69, 9.17) is 14.7 Å². The topological polar surface area (TPSA) is 71.3 Å². The van der Waals surface area contributed by atoms with Crippen LogP contribution in [-0.4, -0.2) is 13.0 Å². The van der Waals surface area contributed by atoms with Gasteiger partial charge in [0.25, 0.3) is 0 Å². The summed E-state index contributed by atoms with van der Waals surface area (Å²) in [4.78, 5) is 12.3. The number of hydrogen-bond acceptors (Lipinski definition) is 4. The van der Waals surface area contributed by atoms with Crippen molar-refractivity contribution in [2.24, 2.45) is 0 Å². The van der Waals surface area contributed by atoms with Crippen molar-refractivity contribution < 1.29 is 18.7 Å². The maximum absolute atomic E-state index is 13.7. The summed E-state index contributed by atoms with van der Waals surface area (Å²) in [5.41, 5.74) is 2.80. The van der Waals surface area contributed by atoms with Crippen LogP contribution in [0.4, 0.5) is 10.1 Å². The summed E-state index contributed by atoms with van der Waals surface area (Å²) < 4.78 is 24.4. The maximum Gasteiger partial charge on any atom is 0.224 e. The van der Waals surface area contributed by atoms with Crippen LogP contribution in [0.2, 0.25) is 0 Å². The molecule has 1 N–H and O–H groups in total. The van der Waals surface area contributed by atoms with Gasteiger partial charge >= 0.3 is 0 Å². The smallest absolute Gasteiger partial charge is 0.224 e. The van der Waals surface area contributed by atoms with Crippen LogP contribution in [0.1, 0.15) is 23.1 Å². The molecule has 3 rings (SSSR count). The summed E-state index contributed by atoms with van der Waals surface area (Å²) >= 11 is 0. The van der Waals surface area contributed by atoms with Gasteiger partial charge in [0.05, 0.1) is 18.7 Å². The highest BCUT2D eigenvalue weighted by Gasteiger charge is 2.08. The molecule has 1 amide bonds. The van der Waals surface area contributed by atoms with Gasteiger partial charge in [-0.3, -0.25) is 4.79 Å². The second-order valence-electron chi connectivity index (χ2n) is 6.65. The molecule has 0 radical (unpaired) electrons. The van der Waals surface area contributed by atoms with Crippen LogP contribution in [0.15, 0.2) is 66.7 Å². The van der Waals surface area contributed by atoms with Crippen LogP contribution >= 0.6 is 0 Å². The van der Waals surface area contributed by atoms with Gasteiger partial charge in [0.15, 0.2) is 11.6 Å². The fraction of sp³-hybridized carbons (Fsp3) is 0.167. The molecule has 0 saturated heterocycles. The second kappa shape index (κ2) is 10.1. The average molecular weight is 404 g/mol. The van der Waals surface area contributed by atoms with E-state index < -0.39 is 5.82 Å². The molecular formula is C24H21FN2O3. The van der Waals surface area contributed by atoms with Gasteiger partial charge in [-0.05, 0) is 53.9 Å². The standard InChI is InChI=1S/C24H21FN2O3/c1-29-23-10-8-17(13-22(23)25)9-11-24(28)27-20-6-3-7-21(14-20)30-16-19-5-2-4-18(12-19)15-26/h2-8,10,12-14H,9,11,16H2,1H3,(H,27,28). The summed E-state index contributed by atoms with van der Waals surface area (Å²) in [5, 5.41) is 11.8. The fourth-order valence-electron chi connectivity index (χ4n) is 2.91. The molecule has 152 valence electrons. The van der Waals surface area contributed by atoms with Gasteiger partial charge in [-0.25, -0.2) is 4.39 Å². The Bertz CT molecular complexity index is 1080. The van der Waals surface area contributed by atoms with Crippen molar-refractivity contribution >= 4 is 11.6 Å². The zero-order valence-corrected chi connectivity index (χ0v) is 16.5. The Kier molecular flexibility index (Phi) is 7.01. The second-order valence-corrected chi connectivity index (χ2v) is 6.65. The minimum atomic E-state index is -0.444. The SMILES string of the molecule is COc1ccc(CCC(=O)Nc2cccc(OCc3cccc(C#N)c3)c2)cc1F. The lowest BCUT2D eigenvalue weighted by Gasteiger charge is -2.10. The summed E-state index contributed by atoms with van der Waals surface area (Å²) in [6.07, 6.45) is 0.635. The third-order valence-electron chi connectivity index (χ3n) is 4.44. The normalized spacial score (nSPS) is 10.2. The lowest BCUT2D eigenvalue weighted by atomic mass is 10.1. The van der Waals surface area contributed by atoms with Crippen molar-refractivity contribution in [3.8, 4) is 17.6 Å². The molecule has 0 saturated carbocycles. The highest BCUT2D eigenvalue weighted by molar-refractivity contribution is 5.91. The first-order chi connectivity index (χ1) is 14.6. The van der Waals surface area contributed by atoms with E-state index in [1.165, 1.54) is 13.2 Å². The molecular weight excluding hydrogens is 383 g/mol. The molecule has 0 fully saturated rings. The molecule has 0 aliphatic carbocycles. The number of amides is 1. The lowest BCUT2D eigenvalue weighted by molar-refractivity contribution is -0.116. The minimum Gasteiger partial charge on any atom is -0.494 e. The highest BCUT2D eigenvalue weighted by atomic mass is 19.1. The van der Waals surface area contributed by atoms with Crippen molar-refractivity contribution in [3.05, 3.63) is 89.2 Å². The predicted molar refractivity (Wildman–Crippen MR) is 112 cm³/mol. The fourth-order valence-corrected chi connectivity index (χ4v) is 2.91. The largest absolute Gasteiger partial charge is 0.494 e. The van der Waals surface area contributed by atoms with E-state index in [1.807, 2.05) is 12.1 Å². The first-order valence-corrected chi connectivity index (χ1v) is 9.41. The summed E-state index contributed by atoms with van der Waals surface area (Å²) in [7, 11) is 1.41. The van der Waals surface area contributed by atoms with Crippen LogP contribution in [-0.2, 0) is 17.8 Å². The monoisotopic (exact) mass is 404 g/mol. The minimum absolute atomic E-state index is 0.176. The Labute approximate surface area is 174 Å². The molecule has 3 aromatic carbocycles. The number of carbonyl (C=O) groups is 1. The van der Waals surface area contributed by atoms with Gasteiger partial charge in [-0.15, -0.1) is 0 Å². The van der Waals surface area contributed by atoms with Crippen molar-refractivity contribution in [3.63, 3.8) is 0 Å². The molecule has 0 heterocycles. The summed E-state index contributed by atoms with van der Waals surface area (Å²) in [6.45, 7) is 0.315. The number of rotatable bonds is 8. The third kappa shape index (κ3) is 5.82. The van der Waals surface area contributed by atoms with Crippen molar-refractivity contribution in [2.45, 2.75) is 19.4 Å². The van der Waals surface area contributed by atoms with Gasteiger partial charge < -0.3 is 14.8 Å². The van der Waals surface area contributed by atoms with Crippen molar-refractivity contribution in [2.75, 3.05) is 12.4 Å². The average Bonchev–Trinajstić information content (AvgIpc) is 2.77. The van der Waals surface area contributed by atoms with Crippen LogP contribution < -0.4 is 14.8 Å². The number of nitrogens with one attached hydrogen (secondary N) is 1. The van der Waals surface area contributed by atoms with Crippen LogP contribution in [0.25, 0.3) is 0 Å². The molecule has 0 spiro atoms. The van der Waals surface area contributed by atoms with Gasteiger partial charge in [-0.2, -0.15) is 5.26 Å². The lowest BCUT2D eigenvalue weighted by Crippen LogP contribution is -2.12. The zero-order valence-electron chi connectivity index (χ0n) is 16.5. The quantitative estimate of drug-likeness (QED) is 0.582. The number of anilines is 1. The van der Waals surface area contributed by atoms with Gasteiger partial charge in [0, 0.05) is 18.2 Å². The Morgan fingerprint density at radius 3 is 2.67 bits per heavy atom. The number of ether oxygens (including phenoxy) is 2. The number of carbonyl (C=O) groups excluding carboxylic acids is 1. The van der Waals surface area contributed by atoms with Crippen LogP contribution in [0, 0.1) is 17.1 Å². The summed E-state index contributed by atoms with van der Waals surface area (Å²) in [6, 6.07) is 21.1. The maximum atomic E-state index is 13.7. The van der Waals surface area contributed by atoms with E-state index in [0.29, 0.717) is 30.0 Å². The van der Waals surface area contributed by atoms with E-state index in [1.54, 1.807) is 48.5 Å². The Hall–Kier alpha value is -3.85. The highest BCUT2D eigenvalue weighted by Crippen LogP contribution is 2.21. The summed E-state index contributed by atoms with van der Waals surface area (Å²) in [5.74, 6) is 0.164. The van der Waals surface area contributed by atoms with Crippen LogP contribution in [0.5, 0.6) is 11.5 Å². The molecule has 0 bridgehead atoms. The van der Waals surface area contributed by atoms with E-state index >= 15 is 0 Å². The predicted octanol–water partition coefficient (Wildman–Crippen LogP) is 4.86. The molecule has 30 heavy (non-hydrogen) atoms. The number of hydrogen-bond donors (Lipinski definition) is 1. The van der Waals surface area contributed by atoms with Crippen molar-refractivity contribution in [1.82, 2.24) is 0 Å². The van der Waals surface area contributed by atoms with E-state index in [2.05, 4.69) is 11.4 Å². The molecule has 5 nitrogen and oxygen atoms in total. The number of benzene rings is 3. The Morgan fingerprint density at radius 1 is 1.07 bits per heavy atom. The van der Waals surface area contributed by atoms with Crippen molar-refractivity contribution in [1.29, 1.82) is 5.26 Å². The number of nitrogens with zero attached hydrogens (tertiary/aromatic N) is 1. The molecule has 0 aliphatic rings. The van der Waals surface area contributed by atoms with Crippen LogP contribution in [0.3, 0.4) is 0 Å². The Balaban J connectivity index is 1.53. The number of aryl methyl sites for hydroxylation is 1. The Morgan fingerprint density at radius 2 is 1.90 bits per heavy atom. The first kappa shape index (κ1) is 20.9. The molecule has 0 aliphatic heterocycles. The van der Waals surface area contributed by atoms with Gasteiger partial charge in [0.2, 0.25) is 5.91 Å². The number of halogens is 1. The molecule has 3 aromatic rings. The molecule has 0 atom stereocenters. The van der Waals surface area contributed by atoms with Gasteiger partial charge in [0.1, 0.15) is 12.4 Å². The van der Waals surface area contributed by atoms with E-state index in [-0.39, 0.29) is 18.1 Å². The number of nitriles is 1. The molecule has 0 unspecified atom stereocenters. The molecule has 6 heteroatoms. The zero-order chi connectivity index (χ0) is 21.3. The van der Waals surface area contributed by atoms with E-state index in [0.717, 1.165) is 11.1 Å². The first-order valence-electron chi connectivity index (χ1n) is 9.41. The number of methoxy groups -OCH3 is 1. The third-order valence-corrected chi connectivity index (χ3v) is 4.44. The van der Waals surface area contributed by atoms with E-state index in [9.17, 15) is 9.18 Å². The molecule has 0 aromatic heterocycles.